The van der Waals surface area contributed by atoms with E-state index in [1.54, 1.807) is 4.68 Å². The zero-order valence-corrected chi connectivity index (χ0v) is 12.8. The molecular weight excluding hydrogens is 329 g/mol. The fraction of sp³-hybridized carbons (Fsp3) is 0.385. The second-order valence-electron chi connectivity index (χ2n) is 4.88. The van der Waals surface area contributed by atoms with Crippen molar-refractivity contribution in [1.82, 2.24) is 29.5 Å². The van der Waals surface area contributed by atoms with Gasteiger partial charge < -0.3 is 0 Å². The Labute approximate surface area is 133 Å². The number of aromatic nitrogens is 6. The first-order valence-corrected chi connectivity index (χ1v) is 7.72. The summed E-state index contributed by atoms with van der Waals surface area (Å²) >= 11 is 1.52. The smallest absolute Gasteiger partial charge is 0.253 e. The highest BCUT2D eigenvalue weighted by molar-refractivity contribution is 7.09. The van der Waals surface area contributed by atoms with Crippen LogP contribution < -0.4 is 0 Å². The highest BCUT2D eigenvalue weighted by atomic mass is 32.1. The van der Waals surface area contributed by atoms with Crippen molar-refractivity contribution in [2.24, 2.45) is 0 Å². The van der Waals surface area contributed by atoms with Gasteiger partial charge in [0.15, 0.2) is 5.82 Å². The number of aryl methyl sites for hydroxylation is 2. The van der Waals surface area contributed by atoms with E-state index in [2.05, 4.69) is 20.2 Å². The van der Waals surface area contributed by atoms with E-state index >= 15 is 0 Å². The molecular formula is C13H13F3N6S. The second-order valence-corrected chi connectivity index (χ2v) is 5.91. The Balaban J connectivity index is 1.77. The molecule has 0 unspecified atom stereocenters. The first kappa shape index (κ1) is 15.7. The lowest BCUT2D eigenvalue weighted by Gasteiger charge is -2.08. The molecule has 0 radical (unpaired) electrons. The van der Waals surface area contributed by atoms with Crippen molar-refractivity contribution in [1.29, 1.82) is 0 Å². The third-order valence-electron chi connectivity index (χ3n) is 3.06. The van der Waals surface area contributed by atoms with Crippen LogP contribution in [0.5, 0.6) is 0 Å². The van der Waals surface area contributed by atoms with E-state index in [-0.39, 0.29) is 0 Å². The van der Waals surface area contributed by atoms with Gasteiger partial charge in [0.1, 0.15) is 25.0 Å². The third kappa shape index (κ3) is 4.38. The Bertz CT molecular complexity index is 732. The molecule has 0 N–H and O–H groups in total. The Kier molecular flexibility index (Phi) is 4.42. The maximum Gasteiger partial charge on any atom is 0.408 e. The lowest BCUT2D eigenvalue weighted by Crippen LogP contribution is -2.21. The number of thiophene rings is 1. The molecule has 0 atom stereocenters. The zero-order chi connectivity index (χ0) is 16.3. The highest BCUT2D eigenvalue weighted by Crippen LogP contribution is 2.19. The fourth-order valence-electron chi connectivity index (χ4n) is 2.11. The van der Waals surface area contributed by atoms with E-state index in [1.807, 2.05) is 17.5 Å². The summed E-state index contributed by atoms with van der Waals surface area (Å²) < 4.78 is 40.6. The molecule has 122 valence electrons. The quantitative estimate of drug-likeness (QED) is 0.690. The summed E-state index contributed by atoms with van der Waals surface area (Å²) in [7, 11) is 0. The van der Waals surface area contributed by atoms with E-state index < -0.39 is 12.7 Å². The van der Waals surface area contributed by atoms with Gasteiger partial charge in [-0.3, -0.25) is 4.68 Å². The van der Waals surface area contributed by atoms with Gasteiger partial charge in [0, 0.05) is 24.3 Å². The van der Waals surface area contributed by atoms with Gasteiger partial charge >= 0.3 is 6.18 Å². The molecule has 0 amide bonds. The molecule has 3 heterocycles. The molecule has 0 aliphatic heterocycles. The maximum atomic E-state index is 12.7. The highest BCUT2D eigenvalue weighted by Gasteiger charge is 2.30. The van der Waals surface area contributed by atoms with E-state index in [1.165, 1.54) is 24.0 Å². The van der Waals surface area contributed by atoms with Crippen molar-refractivity contribution in [2.75, 3.05) is 0 Å². The first-order chi connectivity index (χ1) is 11.0. The summed E-state index contributed by atoms with van der Waals surface area (Å²) in [6.45, 7) is -0.744. The number of halogens is 3. The Morgan fingerprint density at radius 1 is 1.26 bits per heavy atom. The first-order valence-electron chi connectivity index (χ1n) is 6.84. The van der Waals surface area contributed by atoms with Crippen LogP contribution in [-0.4, -0.2) is 35.7 Å². The van der Waals surface area contributed by atoms with Crippen LogP contribution in [0.4, 0.5) is 13.2 Å². The monoisotopic (exact) mass is 342 g/mol. The molecule has 0 aromatic carbocycles. The molecule has 0 spiro atoms. The molecule has 3 rings (SSSR count). The predicted molar refractivity (Wildman–Crippen MR) is 76.9 cm³/mol. The van der Waals surface area contributed by atoms with Gasteiger partial charge in [-0.05, 0) is 11.4 Å². The largest absolute Gasteiger partial charge is 0.408 e. The summed E-state index contributed by atoms with van der Waals surface area (Å²) in [6, 6.07) is 3.79. The normalized spacial score (nSPS) is 12.0. The van der Waals surface area contributed by atoms with Gasteiger partial charge in [-0.25, -0.2) is 14.6 Å². The van der Waals surface area contributed by atoms with Gasteiger partial charge in [0.05, 0.1) is 0 Å². The van der Waals surface area contributed by atoms with Crippen molar-refractivity contribution in [3.63, 3.8) is 0 Å². The maximum absolute atomic E-state index is 12.7. The van der Waals surface area contributed by atoms with Crippen molar-refractivity contribution in [3.05, 3.63) is 46.7 Å². The average molecular weight is 342 g/mol. The molecule has 0 bridgehead atoms. The summed E-state index contributed by atoms with van der Waals surface area (Å²) in [4.78, 5) is 9.08. The molecule has 10 heteroatoms. The number of nitrogens with zero attached hydrogens (tertiary/aromatic N) is 6. The van der Waals surface area contributed by atoms with Gasteiger partial charge in [-0.1, -0.05) is 6.07 Å². The van der Waals surface area contributed by atoms with Crippen LogP contribution in [0.2, 0.25) is 0 Å². The number of rotatable bonds is 6. The lowest BCUT2D eigenvalue weighted by atomic mass is 10.3. The summed E-state index contributed by atoms with van der Waals surface area (Å²) in [6.07, 6.45) is -0.717. The fourth-order valence-corrected chi connectivity index (χ4v) is 2.82. The van der Waals surface area contributed by atoms with E-state index in [0.717, 1.165) is 9.56 Å². The molecule has 23 heavy (non-hydrogen) atoms. The molecule has 0 fully saturated rings. The summed E-state index contributed by atoms with van der Waals surface area (Å²) in [5.74, 6) is 0.690. The van der Waals surface area contributed by atoms with E-state index in [0.29, 0.717) is 31.0 Å². The van der Waals surface area contributed by atoms with Crippen LogP contribution in [0.15, 0.2) is 30.2 Å². The predicted octanol–water partition coefficient (Wildman–Crippen LogP) is 2.33. The number of alkyl halides is 3. The van der Waals surface area contributed by atoms with Crippen molar-refractivity contribution >= 4 is 11.3 Å². The molecule has 0 aliphatic rings. The second kappa shape index (κ2) is 6.49. The van der Waals surface area contributed by atoms with Crippen LogP contribution in [0.1, 0.15) is 16.5 Å². The average Bonchev–Trinajstić information content (AvgIpc) is 3.18. The van der Waals surface area contributed by atoms with Crippen LogP contribution >= 0.6 is 11.3 Å². The van der Waals surface area contributed by atoms with Crippen LogP contribution in [0, 0.1) is 0 Å². The third-order valence-corrected chi connectivity index (χ3v) is 3.94. The minimum atomic E-state index is -4.34. The number of hydrogen-bond donors (Lipinski definition) is 0. The van der Waals surface area contributed by atoms with Gasteiger partial charge in [0.25, 0.3) is 0 Å². The minimum Gasteiger partial charge on any atom is -0.253 e. The standard InChI is InChI=1S/C13H13F3N6S/c14-13(15,16)7-22-12(3-4-21-9-17-8-18-21)19-11(20-22)6-10-2-1-5-23-10/h1-2,5,8-9H,3-4,6-7H2. The van der Waals surface area contributed by atoms with Gasteiger partial charge in [0.2, 0.25) is 0 Å². The molecule has 0 saturated carbocycles. The number of hydrogen-bond acceptors (Lipinski definition) is 5. The molecule has 6 nitrogen and oxygen atoms in total. The Morgan fingerprint density at radius 2 is 2.13 bits per heavy atom. The SMILES string of the molecule is FC(F)(F)Cn1nc(Cc2cccs2)nc1CCn1cncn1. The molecule has 3 aromatic rings. The lowest BCUT2D eigenvalue weighted by molar-refractivity contribution is -0.143. The summed E-state index contributed by atoms with van der Waals surface area (Å²) in [5, 5.41) is 9.86. The van der Waals surface area contributed by atoms with Crippen LogP contribution in [0.3, 0.4) is 0 Å². The molecule has 3 aromatic heterocycles. The van der Waals surface area contributed by atoms with Crippen LogP contribution in [0.25, 0.3) is 0 Å². The Hall–Kier alpha value is -2.23. The van der Waals surface area contributed by atoms with Crippen LogP contribution in [-0.2, 0) is 25.9 Å². The van der Waals surface area contributed by atoms with Crippen molar-refractivity contribution in [3.8, 4) is 0 Å². The summed E-state index contributed by atoms with van der Waals surface area (Å²) in [5.41, 5.74) is 0. The zero-order valence-electron chi connectivity index (χ0n) is 11.9. The topological polar surface area (TPSA) is 61.4 Å². The molecule has 0 saturated heterocycles. The van der Waals surface area contributed by atoms with E-state index in [9.17, 15) is 13.2 Å². The van der Waals surface area contributed by atoms with Crippen molar-refractivity contribution < 1.29 is 13.2 Å². The van der Waals surface area contributed by atoms with Gasteiger partial charge in [-0.2, -0.15) is 23.4 Å². The van der Waals surface area contributed by atoms with Gasteiger partial charge in [-0.15, -0.1) is 11.3 Å². The minimum absolute atomic E-state index is 0.296. The Morgan fingerprint density at radius 3 is 2.78 bits per heavy atom. The van der Waals surface area contributed by atoms with E-state index in [4.69, 9.17) is 0 Å². The van der Waals surface area contributed by atoms with Crippen molar-refractivity contribution in [2.45, 2.75) is 32.1 Å². The molecule has 0 aliphatic carbocycles.